The fourth-order valence-electron chi connectivity index (χ4n) is 2.29. The number of allylic oxidation sites excluding steroid dienone is 8. The normalized spacial score (nSPS) is 25.2. The van der Waals surface area contributed by atoms with Crippen LogP contribution in [0.1, 0.15) is 33.1 Å². The van der Waals surface area contributed by atoms with Gasteiger partial charge in [0.15, 0.2) is 0 Å². The first-order valence-electron chi connectivity index (χ1n) is 6.16. The molecule has 1 nitrogen and oxygen atoms in total. The van der Waals surface area contributed by atoms with Crippen molar-refractivity contribution in [1.82, 2.24) is 0 Å². The highest BCUT2D eigenvalue weighted by Gasteiger charge is 2.20. The number of thioether (sulfide) groups is 1. The Morgan fingerprint density at radius 2 is 2.18 bits per heavy atom. The molecular weight excluding hydrogens is 228 g/mol. The molecule has 17 heavy (non-hydrogen) atoms. The smallest absolute Gasteiger partial charge is 0.0964 e. The summed E-state index contributed by atoms with van der Waals surface area (Å²) in [6, 6.07) is 0. The largest absolute Gasteiger partial charge is 0.501 e. The molecule has 0 amide bonds. The number of rotatable bonds is 2. The molecule has 2 heteroatoms. The Hall–Kier alpha value is -0.890. The van der Waals surface area contributed by atoms with Crippen LogP contribution in [0.3, 0.4) is 0 Å². The van der Waals surface area contributed by atoms with Crippen molar-refractivity contribution < 1.29 is 4.74 Å². The molecule has 2 aliphatic rings. The van der Waals surface area contributed by atoms with Gasteiger partial charge in [-0.1, -0.05) is 35.6 Å². The molecule has 2 rings (SSSR count). The summed E-state index contributed by atoms with van der Waals surface area (Å²) in [6.45, 7) is 4.48. The molecule has 1 aliphatic carbocycles. The molecule has 0 saturated carbocycles. The number of methoxy groups -OCH3 is 1. The molecule has 0 aromatic rings. The first-order chi connectivity index (χ1) is 8.20. The van der Waals surface area contributed by atoms with Gasteiger partial charge in [0.1, 0.15) is 0 Å². The third-order valence-electron chi connectivity index (χ3n) is 3.29. The zero-order valence-electron chi connectivity index (χ0n) is 10.8. The van der Waals surface area contributed by atoms with Gasteiger partial charge in [-0.15, -0.1) is 0 Å². The summed E-state index contributed by atoms with van der Waals surface area (Å²) >= 11 is 1.94. The van der Waals surface area contributed by atoms with Crippen molar-refractivity contribution in [1.29, 1.82) is 0 Å². The first kappa shape index (κ1) is 12.6. The number of hydrogen-bond acceptors (Lipinski definition) is 2. The van der Waals surface area contributed by atoms with Crippen LogP contribution in [0.2, 0.25) is 0 Å². The van der Waals surface area contributed by atoms with Gasteiger partial charge in [-0.05, 0) is 42.6 Å². The molecule has 92 valence electrons. The van der Waals surface area contributed by atoms with Crippen molar-refractivity contribution in [3.05, 3.63) is 45.4 Å². The maximum absolute atomic E-state index is 5.37. The molecule has 0 aromatic heterocycles. The van der Waals surface area contributed by atoms with Crippen LogP contribution in [0, 0.1) is 5.92 Å². The van der Waals surface area contributed by atoms with Crippen LogP contribution >= 0.6 is 11.8 Å². The van der Waals surface area contributed by atoms with Crippen LogP contribution in [-0.2, 0) is 4.74 Å². The third kappa shape index (κ3) is 3.06. The predicted molar refractivity (Wildman–Crippen MR) is 75.6 cm³/mol. The molecule has 1 atom stereocenters. The van der Waals surface area contributed by atoms with Crippen LogP contribution in [-0.4, -0.2) is 7.11 Å². The molecule has 0 saturated heterocycles. The van der Waals surface area contributed by atoms with Gasteiger partial charge in [-0.2, -0.15) is 0 Å². The van der Waals surface area contributed by atoms with Crippen LogP contribution in [0.25, 0.3) is 0 Å². The van der Waals surface area contributed by atoms with Gasteiger partial charge >= 0.3 is 0 Å². The Morgan fingerprint density at radius 1 is 1.35 bits per heavy atom. The minimum atomic E-state index is 0.501. The van der Waals surface area contributed by atoms with E-state index in [0.29, 0.717) is 5.92 Å². The highest BCUT2D eigenvalue weighted by Crippen LogP contribution is 2.41. The van der Waals surface area contributed by atoms with E-state index in [0.717, 1.165) is 12.2 Å². The average Bonchev–Trinajstić information content (AvgIpc) is 2.51. The molecule has 1 heterocycles. The van der Waals surface area contributed by atoms with Crippen molar-refractivity contribution in [2.75, 3.05) is 7.11 Å². The van der Waals surface area contributed by atoms with E-state index in [9.17, 15) is 0 Å². The van der Waals surface area contributed by atoms with E-state index in [1.54, 1.807) is 7.11 Å². The second kappa shape index (κ2) is 5.63. The lowest BCUT2D eigenvalue weighted by Crippen LogP contribution is -2.06. The Balaban J connectivity index is 2.19. The van der Waals surface area contributed by atoms with Gasteiger partial charge in [-0.3, -0.25) is 0 Å². The summed E-state index contributed by atoms with van der Waals surface area (Å²) < 4.78 is 5.37. The second-order valence-electron chi connectivity index (χ2n) is 4.63. The van der Waals surface area contributed by atoms with Crippen LogP contribution in [0.4, 0.5) is 0 Å². The van der Waals surface area contributed by atoms with Crippen molar-refractivity contribution in [2.24, 2.45) is 5.92 Å². The fraction of sp³-hybridized carbons (Fsp3) is 0.467. The molecular formula is C15H20OS. The molecule has 0 bridgehead atoms. The van der Waals surface area contributed by atoms with E-state index in [2.05, 4.69) is 38.2 Å². The lowest BCUT2D eigenvalue weighted by molar-refractivity contribution is 0.270. The molecule has 0 aromatic carbocycles. The van der Waals surface area contributed by atoms with Crippen molar-refractivity contribution in [3.63, 3.8) is 0 Å². The maximum atomic E-state index is 5.37. The standard InChI is InChI=1S/C15H20OS/c1-11-6-4-7-12(2)17-15(11)13-8-5-9-14(10-13)16-3/h5,7-9,13H,4,6,10H2,1-3H3. The summed E-state index contributed by atoms with van der Waals surface area (Å²) in [4.78, 5) is 2.95. The summed E-state index contributed by atoms with van der Waals surface area (Å²) in [5.74, 6) is 1.59. The number of hydrogen-bond donors (Lipinski definition) is 0. The van der Waals surface area contributed by atoms with E-state index in [1.807, 2.05) is 11.8 Å². The van der Waals surface area contributed by atoms with E-state index >= 15 is 0 Å². The third-order valence-corrected chi connectivity index (χ3v) is 4.65. The Bertz CT molecular complexity index is 413. The molecule has 0 fully saturated rings. The lowest BCUT2D eigenvalue weighted by Gasteiger charge is -2.22. The van der Waals surface area contributed by atoms with Gasteiger partial charge in [-0.25, -0.2) is 0 Å². The van der Waals surface area contributed by atoms with Gasteiger partial charge in [0.25, 0.3) is 0 Å². The topological polar surface area (TPSA) is 9.23 Å². The Kier molecular flexibility index (Phi) is 4.16. The molecule has 1 unspecified atom stereocenters. The molecule has 1 aliphatic heterocycles. The second-order valence-corrected chi connectivity index (χ2v) is 5.92. The van der Waals surface area contributed by atoms with Crippen LogP contribution < -0.4 is 0 Å². The summed E-state index contributed by atoms with van der Waals surface area (Å²) in [6.07, 6.45) is 12.2. The Labute approximate surface area is 108 Å². The van der Waals surface area contributed by atoms with Crippen LogP contribution in [0.15, 0.2) is 45.4 Å². The quantitative estimate of drug-likeness (QED) is 0.694. The zero-order chi connectivity index (χ0) is 12.3. The molecule has 0 spiro atoms. The Morgan fingerprint density at radius 3 is 2.94 bits per heavy atom. The van der Waals surface area contributed by atoms with E-state index in [1.165, 1.54) is 28.2 Å². The van der Waals surface area contributed by atoms with E-state index < -0.39 is 0 Å². The van der Waals surface area contributed by atoms with Crippen molar-refractivity contribution in [2.45, 2.75) is 33.1 Å². The minimum Gasteiger partial charge on any atom is -0.501 e. The minimum absolute atomic E-state index is 0.501. The first-order valence-corrected chi connectivity index (χ1v) is 6.98. The SMILES string of the molecule is COC1=CC=CC(C2=C(C)CCC=C(C)S2)C1. The fourth-order valence-corrected chi connectivity index (χ4v) is 3.43. The maximum Gasteiger partial charge on any atom is 0.0964 e. The van der Waals surface area contributed by atoms with Gasteiger partial charge < -0.3 is 4.74 Å². The van der Waals surface area contributed by atoms with Gasteiger partial charge in [0.2, 0.25) is 0 Å². The zero-order valence-corrected chi connectivity index (χ0v) is 11.6. The predicted octanol–water partition coefficient (Wildman–Crippen LogP) is 4.80. The van der Waals surface area contributed by atoms with Gasteiger partial charge in [0, 0.05) is 12.3 Å². The monoisotopic (exact) mass is 248 g/mol. The van der Waals surface area contributed by atoms with Crippen molar-refractivity contribution >= 4 is 11.8 Å². The average molecular weight is 248 g/mol. The van der Waals surface area contributed by atoms with Crippen molar-refractivity contribution in [3.8, 4) is 0 Å². The molecule has 0 N–H and O–H groups in total. The summed E-state index contributed by atoms with van der Waals surface area (Å²) in [5.41, 5.74) is 1.54. The van der Waals surface area contributed by atoms with Gasteiger partial charge in [0.05, 0.1) is 12.9 Å². The summed E-state index contributed by atoms with van der Waals surface area (Å²) in [7, 11) is 1.76. The van der Waals surface area contributed by atoms with Crippen LogP contribution in [0.5, 0.6) is 0 Å². The molecule has 0 radical (unpaired) electrons. The lowest BCUT2D eigenvalue weighted by atomic mass is 9.95. The number of ether oxygens (including phenoxy) is 1. The summed E-state index contributed by atoms with van der Waals surface area (Å²) in [5, 5.41) is 0. The van der Waals surface area contributed by atoms with E-state index in [-0.39, 0.29) is 0 Å². The highest BCUT2D eigenvalue weighted by atomic mass is 32.2. The highest BCUT2D eigenvalue weighted by molar-refractivity contribution is 8.06. The van der Waals surface area contributed by atoms with E-state index in [4.69, 9.17) is 4.74 Å².